The predicted molar refractivity (Wildman–Crippen MR) is 74.4 cm³/mol. The number of ether oxygens (including phenoxy) is 1. The number of amides is 1. The monoisotopic (exact) mass is 295 g/mol. The van der Waals surface area contributed by atoms with E-state index in [-0.39, 0.29) is 25.0 Å². The molecule has 0 aromatic carbocycles. The Morgan fingerprint density at radius 3 is 2.95 bits per heavy atom. The highest BCUT2D eigenvalue weighted by Crippen LogP contribution is 2.21. The molecule has 1 fully saturated rings. The van der Waals surface area contributed by atoms with Gasteiger partial charge in [-0.15, -0.1) is 0 Å². The summed E-state index contributed by atoms with van der Waals surface area (Å²) >= 11 is 0. The van der Waals surface area contributed by atoms with Crippen molar-refractivity contribution in [3.05, 3.63) is 12.2 Å². The number of nitrogens with zero attached hydrogens (tertiary/aromatic N) is 1. The fourth-order valence-corrected chi connectivity index (χ4v) is 2.84. The zero-order valence-corrected chi connectivity index (χ0v) is 12.0. The van der Waals surface area contributed by atoms with E-state index in [1.54, 1.807) is 11.0 Å². The van der Waals surface area contributed by atoms with Crippen LogP contribution in [0.1, 0.15) is 38.5 Å². The fraction of sp³-hybridized carbons (Fsp3) is 0.667. The average Bonchev–Trinajstić information content (AvgIpc) is 2.89. The number of cyclic esters (lactones) is 1. The van der Waals surface area contributed by atoms with Gasteiger partial charge in [-0.1, -0.05) is 12.2 Å². The number of hydrogen-bond acceptors (Lipinski definition) is 4. The summed E-state index contributed by atoms with van der Waals surface area (Å²) in [4.78, 5) is 36.7. The third-order valence-electron chi connectivity index (χ3n) is 3.98. The van der Waals surface area contributed by atoms with Gasteiger partial charge in [-0.3, -0.25) is 14.4 Å². The fourth-order valence-electron chi connectivity index (χ4n) is 2.84. The van der Waals surface area contributed by atoms with Crippen LogP contribution in [0.2, 0.25) is 0 Å². The number of hydrogen-bond donors (Lipinski definition) is 1. The van der Waals surface area contributed by atoms with Crippen LogP contribution in [0.4, 0.5) is 0 Å². The summed E-state index contributed by atoms with van der Waals surface area (Å²) in [5.41, 5.74) is 0. The molecule has 1 N–H and O–H groups in total. The van der Waals surface area contributed by atoms with Crippen LogP contribution >= 0.6 is 0 Å². The summed E-state index contributed by atoms with van der Waals surface area (Å²) in [6.45, 7) is 0.883. The Morgan fingerprint density at radius 1 is 1.38 bits per heavy atom. The van der Waals surface area contributed by atoms with E-state index in [0.717, 1.165) is 12.8 Å². The van der Waals surface area contributed by atoms with Gasteiger partial charge in [-0.25, -0.2) is 0 Å². The van der Waals surface area contributed by atoms with Crippen LogP contribution in [0.3, 0.4) is 0 Å². The van der Waals surface area contributed by atoms with Crippen molar-refractivity contribution in [1.82, 2.24) is 4.90 Å². The molecule has 0 spiro atoms. The molecule has 2 rings (SSSR count). The molecule has 116 valence electrons. The molecule has 2 atom stereocenters. The average molecular weight is 295 g/mol. The standard InChI is InChI=1S/C15H21NO5/c17-13-7-3-1-2-5-11(9-14(18)19)15(20)21-10-12-6-4-8-16(12)13/h1-2,11-12H,3-10H2,(H,18,19)/t11-,12-/m0/s1. The summed E-state index contributed by atoms with van der Waals surface area (Å²) in [5, 5.41) is 8.87. The molecule has 6 nitrogen and oxygen atoms in total. The van der Waals surface area contributed by atoms with E-state index in [4.69, 9.17) is 9.84 Å². The van der Waals surface area contributed by atoms with E-state index < -0.39 is 17.9 Å². The van der Waals surface area contributed by atoms with E-state index in [1.165, 1.54) is 0 Å². The van der Waals surface area contributed by atoms with Gasteiger partial charge in [0.1, 0.15) is 6.61 Å². The summed E-state index contributed by atoms with van der Waals surface area (Å²) in [6.07, 6.45) is 6.55. The first-order valence-electron chi connectivity index (χ1n) is 7.41. The third-order valence-corrected chi connectivity index (χ3v) is 3.98. The molecular formula is C15H21NO5. The van der Waals surface area contributed by atoms with E-state index >= 15 is 0 Å². The van der Waals surface area contributed by atoms with Crippen molar-refractivity contribution in [2.24, 2.45) is 5.92 Å². The molecule has 0 unspecified atom stereocenters. The van der Waals surface area contributed by atoms with Gasteiger partial charge in [0.15, 0.2) is 0 Å². The van der Waals surface area contributed by atoms with Crippen LogP contribution in [0.25, 0.3) is 0 Å². The minimum atomic E-state index is -1.00. The maximum absolute atomic E-state index is 12.1. The molecule has 0 saturated carbocycles. The Balaban J connectivity index is 2.07. The Kier molecular flexibility index (Phi) is 5.36. The van der Waals surface area contributed by atoms with Crippen molar-refractivity contribution in [3.63, 3.8) is 0 Å². The van der Waals surface area contributed by atoms with Gasteiger partial charge >= 0.3 is 11.9 Å². The molecular weight excluding hydrogens is 274 g/mol. The number of aliphatic carboxylic acids is 1. The lowest BCUT2D eigenvalue weighted by molar-refractivity contribution is -0.155. The third kappa shape index (κ3) is 4.31. The lowest BCUT2D eigenvalue weighted by Crippen LogP contribution is -2.39. The van der Waals surface area contributed by atoms with Crippen molar-refractivity contribution < 1.29 is 24.2 Å². The number of allylic oxidation sites excluding steroid dienone is 2. The lowest BCUT2D eigenvalue weighted by atomic mass is 10.0. The molecule has 1 saturated heterocycles. The molecule has 0 aromatic heterocycles. The predicted octanol–water partition coefficient (Wildman–Crippen LogP) is 1.35. The van der Waals surface area contributed by atoms with Gasteiger partial charge in [-0.05, 0) is 25.7 Å². The molecule has 2 heterocycles. The van der Waals surface area contributed by atoms with Crippen molar-refractivity contribution in [3.8, 4) is 0 Å². The van der Waals surface area contributed by atoms with Gasteiger partial charge in [-0.2, -0.15) is 0 Å². The number of fused-ring (bicyclic) bond motifs is 1. The highest BCUT2D eigenvalue weighted by Gasteiger charge is 2.31. The van der Waals surface area contributed by atoms with Gasteiger partial charge in [0.2, 0.25) is 5.91 Å². The quantitative estimate of drug-likeness (QED) is 0.614. The Bertz CT molecular complexity index is 445. The zero-order chi connectivity index (χ0) is 15.2. The number of carboxylic acids is 1. The molecule has 0 radical (unpaired) electrons. The van der Waals surface area contributed by atoms with Crippen LogP contribution in [-0.2, 0) is 19.1 Å². The second-order valence-corrected chi connectivity index (χ2v) is 5.55. The van der Waals surface area contributed by atoms with Crippen LogP contribution in [0.15, 0.2) is 12.2 Å². The maximum Gasteiger partial charge on any atom is 0.309 e. The Labute approximate surface area is 123 Å². The van der Waals surface area contributed by atoms with E-state index in [0.29, 0.717) is 25.8 Å². The minimum Gasteiger partial charge on any atom is -0.481 e. The Hall–Kier alpha value is -1.85. The van der Waals surface area contributed by atoms with Gasteiger partial charge in [0, 0.05) is 13.0 Å². The molecule has 0 aliphatic carbocycles. The van der Waals surface area contributed by atoms with Crippen molar-refractivity contribution >= 4 is 17.8 Å². The lowest BCUT2D eigenvalue weighted by Gasteiger charge is -2.25. The van der Waals surface area contributed by atoms with Crippen LogP contribution in [0.5, 0.6) is 0 Å². The molecule has 2 aliphatic heterocycles. The zero-order valence-electron chi connectivity index (χ0n) is 12.0. The SMILES string of the molecule is O=C(O)C[C@@H]1CC=CCCC(=O)N2CCC[C@H]2COC1=O. The van der Waals surface area contributed by atoms with Crippen LogP contribution < -0.4 is 0 Å². The molecule has 21 heavy (non-hydrogen) atoms. The number of carbonyl (C=O) groups excluding carboxylic acids is 2. The van der Waals surface area contributed by atoms with E-state index in [1.807, 2.05) is 6.08 Å². The topological polar surface area (TPSA) is 83.9 Å². The highest BCUT2D eigenvalue weighted by atomic mass is 16.5. The largest absolute Gasteiger partial charge is 0.481 e. The molecule has 2 aliphatic rings. The smallest absolute Gasteiger partial charge is 0.309 e. The first-order chi connectivity index (χ1) is 10.1. The second kappa shape index (κ2) is 7.24. The summed E-state index contributed by atoms with van der Waals surface area (Å²) in [7, 11) is 0. The molecule has 1 amide bonds. The highest BCUT2D eigenvalue weighted by molar-refractivity contribution is 5.79. The first kappa shape index (κ1) is 15.5. The number of esters is 1. The number of rotatable bonds is 2. The number of carbonyl (C=O) groups is 3. The first-order valence-corrected chi connectivity index (χ1v) is 7.41. The van der Waals surface area contributed by atoms with Crippen LogP contribution in [0, 0.1) is 5.92 Å². The van der Waals surface area contributed by atoms with Crippen molar-refractivity contribution in [2.75, 3.05) is 13.2 Å². The molecule has 0 aromatic rings. The summed E-state index contributed by atoms with van der Waals surface area (Å²) < 4.78 is 5.26. The normalized spacial score (nSPS) is 27.5. The Morgan fingerprint density at radius 2 is 2.19 bits per heavy atom. The van der Waals surface area contributed by atoms with Gasteiger partial charge in [0.05, 0.1) is 18.4 Å². The summed E-state index contributed by atoms with van der Waals surface area (Å²) in [6, 6.07) is -0.0599. The van der Waals surface area contributed by atoms with E-state index in [9.17, 15) is 14.4 Å². The minimum absolute atomic E-state index is 0.0599. The summed E-state index contributed by atoms with van der Waals surface area (Å²) in [5.74, 6) is -2.04. The molecule has 0 bridgehead atoms. The number of carboxylic acid groups (broad SMARTS) is 1. The second-order valence-electron chi connectivity index (χ2n) is 5.55. The van der Waals surface area contributed by atoms with Gasteiger partial charge in [0.25, 0.3) is 0 Å². The van der Waals surface area contributed by atoms with Gasteiger partial charge < -0.3 is 14.7 Å². The van der Waals surface area contributed by atoms with Crippen LogP contribution in [-0.4, -0.2) is 47.0 Å². The van der Waals surface area contributed by atoms with Crippen molar-refractivity contribution in [2.45, 2.75) is 44.6 Å². The molecule has 6 heteroatoms. The van der Waals surface area contributed by atoms with E-state index in [2.05, 4.69) is 0 Å². The van der Waals surface area contributed by atoms with Crippen molar-refractivity contribution in [1.29, 1.82) is 0 Å². The maximum atomic E-state index is 12.1.